The molecule has 0 saturated heterocycles. The zero-order valence-electron chi connectivity index (χ0n) is 16.1. The summed E-state index contributed by atoms with van der Waals surface area (Å²) in [6.45, 7) is 0.861. The van der Waals surface area contributed by atoms with E-state index in [0.29, 0.717) is 11.4 Å². The van der Waals surface area contributed by atoms with E-state index in [-0.39, 0.29) is 16.4 Å². The molecular formula is C19H21N3O6S. The van der Waals surface area contributed by atoms with E-state index in [0.717, 1.165) is 4.31 Å². The number of rotatable bonds is 7. The molecule has 0 atom stereocenters. The molecule has 154 valence electrons. The van der Waals surface area contributed by atoms with Crippen molar-refractivity contribution in [1.82, 2.24) is 4.31 Å². The molecule has 0 bridgehead atoms. The normalized spacial score (nSPS) is 11.0. The van der Waals surface area contributed by atoms with Crippen molar-refractivity contribution in [2.75, 3.05) is 31.3 Å². The average Bonchev–Trinajstić information content (AvgIpc) is 2.66. The molecule has 0 fully saturated rings. The summed E-state index contributed by atoms with van der Waals surface area (Å²) >= 11 is 0. The minimum atomic E-state index is -3.56. The molecule has 2 rings (SSSR count). The zero-order chi connectivity index (χ0) is 21.6. The molecule has 0 aliphatic rings. The number of benzene rings is 2. The Balaban J connectivity index is 1.89. The van der Waals surface area contributed by atoms with Gasteiger partial charge in [0.2, 0.25) is 15.9 Å². The molecule has 0 heterocycles. The monoisotopic (exact) mass is 419 g/mol. The highest BCUT2D eigenvalue weighted by atomic mass is 32.2. The van der Waals surface area contributed by atoms with E-state index in [2.05, 4.69) is 10.6 Å². The smallest absolute Gasteiger partial charge is 0.338 e. The Labute approximate surface area is 168 Å². The van der Waals surface area contributed by atoms with Crippen molar-refractivity contribution in [2.45, 2.75) is 11.8 Å². The van der Waals surface area contributed by atoms with Crippen LogP contribution in [-0.4, -0.2) is 51.2 Å². The Hall–Kier alpha value is -3.24. The third kappa shape index (κ3) is 6.13. The molecule has 9 nitrogen and oxygen atoms in total. The SMILES string of the molecule is CC(=O)Nc1ccc(C(=O)OCC(=O)Nc2ccc(S(=O)(=O)N(C)C)cc2)cc1. The second kappa shape index (κ2) is 9.30. The predicted molar refractivity (Wildman–Crippen MR) is 107 cm³/mol. The lowest BCUT2D eigenvalue weighted by atomic mass is 10.2. The van der Waals surface area contributed by atoms with Gasteiger partial charge in [-0.05, 0) is 48.5 Å². The minimum Gasteiger partial charge on any atom is -0.452 e. The van der Waals surface area contributed by atoms with E-state index in [9.17, 15) is 22.8 Å². The lowest BCUT2D eigenvalue weighted by Gasteiger charge is -2.12. The van der Waals surface area contributed by atoms with Gasteiger partial charge < -0.3 is 15.4 Å². The van der Waals surface area contributed by atoms with Crippen LogP contribution in [0.4, 0.5) is 11.4 Å². The fraction of sp³-hybridized carbons (Fsp3) is 0.211. The van der Waals surface area contributed by atoms with Crippen LogP contribution in [0.5, 0.6) is 0 Å². The molecule has 0 aromatic heterocycles. The Morgan fingerprint density at radius 3 is 1.93 bits per heavy atom. The van der Waals surface area contributed by atoms with Gasteiger partial charge in [0.25, 0.3) is 5.91 Å². The summed E-state index contributed by atoms with van der Waals surface area (Å²) < 4.78 is 30.1. The van der Waals surface area contributed by atoms with E-state index in [1.165, 1.54) is 57.4 Å². The van der Waals surface area contributed by atoms with E-state index in [1.807, 2.05) is 0 Å². The van der Waals surface area contributed by atoms with Gasteiger partial charge in [0.05, 0.1) is 10.5 Å². The molecule has 29 heavy (non-hydrogen) atoms. The van der Waals surface area contributed by atoms with Crippen LogP contribution in [0.25, 0.3) is 0 Å². The third-order valence-corrected chi connectivity index (χ3v) is 5.52. The van der Waals surface area contributed by atoms with Gasteiger partial charge in [-0.3, -0.25) is 9.59 Å². The number of amides is 2. The number of sulfonamides is 1. The maximum atomic E-state index is 12.0. The highest BCUT2D eigenvalue weighted by Gasteiger charge is 2.17. The number of carbonyl (C=O) groups is 3. The Bertz CT molecular complexity index is 999. The quantitative estimate of drug-likeness (QED) is 0.659. The number of anilines is 2. The standard InChI is InChI=1S/C19H21N3O6S/c1-13(23)20-15-6-4-14(5-7-15)19(25)28-12-18(24)21-16-8-10-17(11-9-16)29(26,27)22(2)3/h4-11H,12H2,1-3H3,(H,20,23)(H,21,24). The summed E-state index contributed by atoms with van der Waals surface area (Å²) in [7, 11) is -0.709. The highest BCUT2D eigenvalue weighted by Crippen LogP contribution is 2.16. The average molecular weight is 419 g/mol. The van der Waals surface area contributed by atoms with Crippen LogP contribution < -0.4 is 10.6 Å². The molecule has 2 aromatic rings. The van der Waals surface area contributed by atoms with Gasteiger partial charge >= 0.3 is 5.97 Å². The molecule has 0 aliphatic heterocycles. The number of nitrogens with zero attached hydrogens (tertiary/aromatic N) is 1. The number of ether oxygens (including phenoxy) is 1. The van der Waals surface area contributed by atoms with Crippen molar-refractivity contribution in [3.63, 3.8) is 0 Å². The predicted octanol–water partition coefficient (Wildman–Crippen LogP) is 1.69. The molecule has 2 amide bonds. The van der Waals surface area contributed by atoms with Crippen LogP contribution in [0.1, 0.15) is 17.3 Å². The number of nitrogens with one attached hydrogen (secondary N) is 2. The Kier molecular flexibility index (Phi) is 7.08. The van der Waals surface area contributed by atoms with Crippen molar-refractivity contribution in [3.8, 4) is 0 Å². The lowest BCUT2D eigenvalue weighted by Crippen LogP contribution is -2.22. The van der Waals surface area contributed by atoms with E-state index < -0.39 is 28.5 Å². The van der Waals surface area contributed by atoms with Crippen LogP contribution in [-0.2, 0) is 24.3 Å². The van der Waals surface area contributed by atoms with Crippen molar-refractivity contribution >= 4 is 39.2 Å². The van der Waals surface area contributed by atoms with Gasteiger partial charge in [-0.1, -0.05) is 0 Å². The van der Waals surface area contributed by atoms with E-state index in [4.69, 9.17) is 4.74 Å². The Morgan fingerprint density at radius 2 is 1.41 bits per heavy atom. The van der Waals surface area contributed by atoms with Crippen molar-refractivity contribution in [2.24, 2.45) is 0 Å². The lowest BCUT2D eigenvalue weighted by molar-refractivity contribution is -0.119. The molecule has 0 radical (unpaired) electrons. The van der Waals surface area contributed by atoms with Crippen molar-refractivity contribution < 1.29 is 27.5 Å². The van der Waals surface area contributed by atoms with Gasteiger partial charge in [0, 0.05) is 32.4 Å². The molecule has 2 aromatic carbocycles. The fourth-order valence-corrected chi connectivity index (χ4v) is 3.13. The molecule has 0 spiro atoms. The van der Waals surface area contributed by atoms with Gasteiger partial charge in [-0.25, -0.2) is 17.5 Å². The summed E-state index contributed by atoms with van der Waals surface area (Å²) in [4.78, 5) is 35.0. The summed E-state index contributed by atoms with van der Waals surface area (Å²) in [6, 6.07) is 11.6. The number of esters is 1. The van der Waals surface area contributed by atoms with E-state index >= 15 is 0 Å². The first-order valence-electron chi connectivity index (χ1n) is 8.47. The second-order valence-corrected chi connectivity index (χ2v) is 8.35. The number of hydrogen-bond donors (Lipinski definition) is 2. The summed E-state index contributed by atoms with van der Waals surface area (Å²) in [5.74, 6) is -1.50. The maximum absolute atomic E-state index is 12.0. The van der Waals surface area contributed by atoms with Crippen molar-refractivity contribution in [3.05, 3.63) is 54.1 Å². The maximum Gasteiger partial charge on any atom is 0.338 e. The molecular weight excluding hydrogens is 398 g/mol. The van der Waals surface area contributed by atoms with Crippen LogP contribution in [0.2, 0.25) is 0 Å². The zero-order valence-corrected chi connectivity index (χ0v) is 16.9. The molecule has 0 unspecified atom stereocenters. The summed E-state index contributed by atoms with van der Waals surface area (Å²) in [5, 5.41) is 5.09. The largest absolute Gasteiger partial charge is 0.452 e. The van der Waals surface area contributed by atoms with Gasteiger partial charge in [-0.2, -0.15) is 0 Å². The van der Waals surface area contributed by atoms with Gasteiger partial charge in [0.1, 0.15) is 0 Å². The van der Waals surface area contributed by atoms with Crippen LogP contribution in [0.15, 0.2) is 53.4 Å². The number of hydrogen-bond acceptors (Lipinski definition) is 6. The first-order valence-corrected chi connectivity index (χ1v) is 9.91. The molecule has 0 aliphatic carbocycles. The van der Waals surface area contributed by atoms with Crippen molar-refractivity contribution in [1.29, 1.82) is 0 Å². The topological polar surface area (TPSA) is 122 Å². The highest BCUT2D eigenvalue weighted by molar-refractivity contribution is 7.89. The summed E-state index contributed by atoms with van der Waals surface area (Å²) in [5.41, 5.74) is 1.13. The number of carbonyl (C=O) groups excluding carboxylic acids is 3. The third-order valence-electron chi connectivity index (χ3n) is 3.69. The summed E-state index contributed by atoms with van der Waals surface area (Å²) in [6.07, 6.45) is 0. The van der Waals surface area contributed by atoms with E-state index in [1.54, 1.807) is 12.1 Å². The van der Waals surface area contributed by atoms with Crippen LogP contribution >= 0.6 is 0 Å². The van der Waals surface area contributed by atoms with Gasteiger partial charge in [-0.15, -0.1) is 0 Å². The second-order valence-electron chi connectivity index (χ2n) is 6.19. The molecule has 10 heteroatoms. The minimum absolute atomic E-state index is 0.0923. The van der Waals surface area contributed by atoms with Crippen LogP contribution in [0, 0.1) is 0 Å². The Morgan fingerprint density at radius 1 is 0.897 bits per heavy atom. The fourth-order valence-electron chi connectivity index (χ4n) is 2.23. The first kappa shape index (κ1) is 22.1. The first-order chi connectivity index (χ1) is 13.6. The molecule has 0 saturated carbocycles. The molecule has 2 N–H and O–H groups in total. The van der Waals surface area contributed by atoms with Gasteiger partial charge in [0.15, 0.2) is 6.61 Å². The van der Waals surface area contributed by atoms with Crippen LogP contribution in [0.3, 0.4) is 0 Å².